The molecule has 1 aliphatic rings. The van der Waals surface area contributed by atoms with Crippen LogP contribution in [0.25, 0.3) is 0 Å². The Balaban J connectivity index is 1.67. The van der Waals surface area contributed by atoms with Gasteiger partial charge >= 0.3 is 0 Å². The first-order valence-electron chi connectivity index (χ1n) is 7.81. The topological polar surface area (TPSA) is 35.5 Å². The fraction of sp³-hybridized carbons (Fsp3) is 0.647. The number of likely N-dealkylation sites (tertiary alicyclic amines) is 1. The summed E-state index contributed by atoms with van der Waals surface area (Å²) in [6, 6.07) is 11.2. The van der Waals surface area contributed by atoms with Gasteiger partial charge in [0, 0.05) is 32.2 Å². The molecule has 2 atom stereocenters. The summed E-state index contributed by atoms with van der Waals surface area (Å²) in [7, 11) is 0. The van der Waals surface area contributed by atoms with Crippen molar-refractivity contribution in [3.05, 3.63) is 35.9 Å². The molecular formula is C17H28N2O. The minimum Gasteiger partial charge on any atom is -0.392 e. The maximum absolute atomic E-state index is 9.90. The van der Waals surface area contributed by atoms with E-state index in [-0.39, 0.29) is 6.10 Å². The van der Waals surface area contributed by atoms with Crippen molar-refractivity contribution in [3.63, 3.8) is 0 Å². The largest absolute Gasteiger partial charge is 0.392 e. The van der Waals surface area contributed by atoms with Crippen LogP contribution in [0.1, 0.15) is 32.3 Å². The Labute approximate surface area is 123 Å². The first-order valence-corrected chi connectivity index (χ1v) is 7.81. The quantitative estimate of drug-likeness (QED) is 0.802. The lowest BCUT2D eigenvalue weighted by Crippen LogP contribution is -2.37. The summed E-state index contributed by atoms with van der Waals surface area (Å²) in [5.74, 6) is 0.560. The molecule has 1 aliphatic heterocycles. The molecule has 2 rings (SSSR count). The highest BCUT2D eigenvalue weighted by molar-refractivity contribution is 5.14. The maximum Gasteiger partial charge on any atom is 0.0667 e. The van der Waals surface area contributed by atoms with Gasteiger partial charge in [-0.3, -0.25) is 4.90 Å². The molecule has 3 heteroatoms. The Bertz CT molecular complexity index is 380. The molecule has 0 aromatic heterocycles. The molecule has 112 valence electrons. The van der Waals surface area contributed by atoms with Crippen LogP contribution in [0, 0.1) is 5.92 Å². The molecule has 2 unspecified atom stereocenters. The van der Waals surface area contributed by atoms with E-state index in [1.807, 2.05) is 0 Å². The van der Waals surface area contributed by atoms with E-state index in [4.69, 9.17) is 0 Å². The monoisotopic (exact) mass is 276 g/mol. The van der Waals surface area contributed by atoms with Gasteiger partial charge in [0.1, 0.15) is 0 Å². The second-order valence-electron chi connectivity index (χ2n) is 6.40. The van der Waals surface area contributed by atoms with Gasteiger partial charge < -0.3 is 10.4 Å². The molecule has 20 heavy (non-hydrogen) atoms. The molecular weight excluding hydrogens is 248 g/mol. The Hall–Kier alpha value is -0.900. The van der Waals surface area contributed by atoms with Gasteiger partial charge in [0.2, 0.25) is 0 Å². The molecule has 0 spiro atoms. The Morgan fingerprint density at radius 2 is 2.05 bits per heavy atom. The molecule has 0 aliphatic carbocycles. The number of aliphatic hydroxyl groups excluding tert-OH is 1. The fourth-order valence-corrected chi connectivity index (χ4v) is 2.91. The third-order valence-electron chi connectivity index (χ3n) is 3.91. The van der Waals surface area contributed by atoms with Crippen LogP contribution >= 0.6 is 0 Å². The van der Waals surface area contributed by atoms with E-state index >= 15 is 0 Å². The summed E-state index contributed by atoms with van der Waals surface area (Å²) in [6.07, 6.45) is 1.85. The predicted octanol–water partition coefficient (Wildman–Crippen LogP) is 2.26. The average molecular weight is 276 g/mol. The van der Waals surface area contributed by atoms with Crippen LogP contribution in [0.5, 0.6) is 0 Å². The predicted molar refractivity (Wildman–Crippen MR) is 83.6 cm³/mol. The van der Waals surface area contributed by atoms with Gasteiger partial charge in [-0.2, -0.15) is 0 Å². The average Bonchev–Trinajstić information content (AvgIpc) is 2.84. The Morgan fingerprint density at radius 1 is 1.30 bits per heavy atom. The van der Waals surface area contributed by atoms with Crippen molar-refractivity contribution in [3.8, 4) is 0 Å². The molecule has 2 N–H and O–H groups in total. The van der Waals surface area contributed by atoms with E-state index in [1.165, 1.54) is 12.0 Å². The van der Waals surface area contributed by atoms with E-state index in [1.54, 1.807) is 0 Å². The van der Waals surface area contributed by atoms with Gasteiger partial charge in [-0.25, -0.2) is 0 Å². The summed E-state index contributed by atoms with van der Waals surface area (Å²) in [5.41, 5.74) is 1.38. The highest BCUT2D eigenvalue weighted by Crippen LogP contribution is 2.13. The van der Waals surface area contributed by atoms with Gasteiger partial charge in [-0.1, -0.05) is 44.2 Å². The Morgan fingerprint density at radius 3 is 2.75 bits per heavy atom. The van der Waals surface area contributed by atoms with Crippen molar-refractivity contribution in [1.29, 1.82) is 0 Å². The van der Waals surface area contributed by atoms with E-state index in [9.17, 15) is 5.11 Å². The summed E-state index contributed by atoms with van der Waals surface area (Å²) < 4.78 is 0. The normalized spacial score (nSPS) is 21.5. The highest BCUT2D eigenvalue weighted by Gasteiger charge is 2.22. The fourth-order valence-electron chi connectivity index (χ4n) is 2.91. The zero-order chi connectivity index (χ0) is 14.4. The summed E-state index contributed by atoms with van der Waals surface area (Å²) in [6.45, 7) is 8.30. The molecule has 3 nitrogen and oxygen atoms in total. The van der Waals surface area contributed by atoms with Gasteiger partial charge in [0.25, 0.3) is 0 Å². The molecule has 1 aromatic carbocycles. The summed E-state index contributed by atoms with van der Waals surface area (Å²) >= 11 is 0. The van der Waals surface area contributed by atoms with Crippen LogP contribution in [-0.4, -0.2) is 41.8 Å². The van der Waals surface area contributed by atoms with Gasteiger partial charge in [-0.05, 0) is 24.3 Å². The summed E-state index contributed by atoms with van der Waals surface area (Å²) in [4.78, 5) is 2.49. The van der Waals surface area contributed by atoms with E-state index in [0.29, 0.717) is 12.0 Å². The molecule has 0 amide bonds. The van der Waals surface area contributed by atoms with Crippen molar-refractivity contribution >= 4 is 0 Å². The molecule has 0 radical (unpaired) electrons. The van der Waals surface area contributed by atoms with Crippen LogP contribution < -0.4 is 5.32 Å². The summed E-state index contributed by atoms with van der Waals surface area (Å²) in [5, 5.41) is 13.4. The third-order valence-corrected chi connectivity index (χ3v) is 3.91. The first kappa shape index (κ1) is 15.5. The van der Waals surface area contributed by atoms with Crippen molar-refractivity contribution in [2.45, 2.75) is 45.4 Å². The SMILES string of the molecule is CC(C)CC(O)CNC1CCN(Cc2ccccc2)C1. The minimum absolute atomic E-state index is 0.210. The number of rotatable bonds is 7. The molecule has 0 saturated carbocycles. The Kier molecular flexibility index (Phi) is 6.02. The lowest BCUT2D eigenvalue weighted by atomic mass is 10.1. The number of nitrogens with zero attached hydrogens (tertiary/aromatic N) is 1. The third kappa shape index (κ3) is 5.23. The lowest BCUT2D eigenvalue weighted by molar-refractivity contribution is 0.142. The molecule has 1 fully saturated rings. The molecule has 1 saturated heterocycles. The number of hydrogen-bond donors (Lipinski definition) is 2. The zero-order valence-electron chi connectivity index (χ0n) is 12.8. The van der Waals surface area contributed by atoms with Gasteiger partial charge in [0.15, 0.2) is 0 Å². The number of aliphatic hydroxyl groups is 1. The van der Waals surface area contributed by atoms with Crippen molar-refractivity contribution in [1.82, 2.24) is 10.2 Å². The van der Waals surface area contributed by atoms with Crippen LogP contribution in [0.15, 0.2) is 30.3 Å². The number of benzene rings is 1. The highest BCUT2D eigenvalue weighted by atomic mass is 16.3. The van der Waals surface area contributed by atoms with E-state index < -0.39 is 0 Å². The second-order valence-corrected chi connectivity index (χ2v) is 6.40. The minimum atomic E-state index is -0.210. The molecule has 0 bridgehead atoms. The smallest absolute Gasteiger partial charge is 0.0667 e. The van der Waals surface area contributed by atoms with Gasteiger partial charge in [-0.15, -0.1) is 0 Å². The first-order chi connectivity index (χ1) is 9.63. The van der Waals surface area contributed by atoms with Crippen molar-refractivity contribution in [2.75, 3.05) is 19.6 Å². The van der Waals surface area contributed by atoms with E-state index in [0.717, 1.165) is 32.6 Å². The number of hydrogen-bond acceptors (Lipinski definition) is 3. The zero-order valence-corrected chi connectivity index (χ0v) is 12.8. The standard InChI is InChI=1S/C17H28N2O/c1-14(2)10-17(20)11-18-16-8-9-19(13-16)12-15-6-4-3-5-7-15/h3-7,14,16-18,20H,8-13H2,1-2H3. The van der Waals surface area contributed by atoms with Crippen LogP contribution in [0.2, 0.25) is 0 Å². The van der Waals surface area contributed by atoms with Crippen molar-refractivity contribution < 1.29 is 5.11 Å². The van der Waals surface area contributed by atoms with Gasteiger partial charge in [0.05, 0.1) is 6.10 Å². The second kappa shape index (κ2) is 7.77. The van der Waals surface area contributed by atoms with Crippen molar-refractivity contribution in [2.24, 2.45) is 5.92 Å². The van der Waals surface area contributed by atoms with Crippen LogP contribution in [0.4, 0.5) is 0 Å². The molecule has 1 aromatic rings. The number of nitrogens with one attached hydrogen (secondary N) is 1. The lowest BCUT2D eigenvalue weighted by Gasteiger charge is -2.19. The maximum atomic E-state index is 9.90. The molecule has 1 heterocycles. The van der Waals surface area contributed by atoms with Crippen LogP contribution in [0.3, 0.4) is 0 Å². The van der Waals surface area contributed by atoms with Crippen LogP contribution in [-0.2, 0) is 6.54 Å². The van der Waals surface area contributed by atoms with E-state index in [2.05, 4.69) is 54.4 Å².